The largest absolute Gasteiger partial charge is 0.338 e. The fraction of sp³-hybridized carbons (Fsp3) is 0.214. The Morgan fingerprint density at radius 2 is 1.85 bits per heavy atom. The molecule has 4 nitrogen and oxygen atoms in total. The SMILES string of the molecule is Cc1ccc([C@H]2CCN(C(=O)c3ccc4c(c3)N(C)C(=O)/C(=C\c3ccccc3Cl)S4)C2)cc1. The zero-order chi connectivity index (χ0) is 23.8. The molecule has 0 aromatic heterocycles. The van der Waals surface area contributed by atoms with Crippen molar-refractivity contribution in [1.29, 1.82) is 0 Å². The Bertz CT molecular complexity index is 1300. The van der Waals surface area contributed by atoms with Crippen LogP contribution in [0.5, 0.6) is 0 Å². The minimum atomic E-state index is -0.109. The molecule has 0 spiro atoms. The van der Waals surface area contributed by atoms with Gasteiger partial charge in [-0.05, 0) is 54.8 Å². The molecular weight excluding hydrogens is 464 g/mol. The summed E-state index contributed by atoms with van der Waals surface area (Å²) >= 11 is 7.69. The van der Waals surface area contributed by atoms with E-state index in [-0.39, 0.29) is 11.8 Å². The van der Waals surface area contributed by atoms with Crippen LogP contribution < -0.4 is 4.90 Å². The normalized spacial score (nSPS) is 19.0. The van der Waals surface area contributed by atoms with Crippen molar-refractivity contribution in [3.8, 4) is 0 Å². The molecular formula is C28H25ClN2O2S. The van der Waals surface area contributed by atoms with E-state index >= 15 is 0 Å². The van der Waals surface area contributed by atoms with Gasteiger partial charge in [0.05, 0.1) is 10.6 Å². The van der Waals surface area contributed by atoms with Crippen LogP contribution in [0, 0.1) is 6.92 Å². The Labute approximate surface area is 209 Å². The first-order chi connectivity index (χ1) is 16.4. The highest BCUT2D eigenvalue weighted by atomic mass is 35.5. The van der Waals surface area contributed by atoms with E-state index in [2.05, 4.69) is 31.2 Å². The average molecular weight is 489 g/mol. The maximum Gasteiger partial charge on any atom is 0.264 e. The van der Waals surface area contributed by atoms with Crippen molar-refractivity contribution in [2.75, 3.05) is 25.0 Å². The van der Waals surface area contributed by atoms with Gasteiger partial charge in [-0.3, -0.25) is 9.59 Å². The van der Waals surface area contributed by atoms with Gasteiger partial charge in [0, 0.05) is 41.5 Å². The standard InChI is InChI=1S/C28H25ClN2O2S/c1-18-7-9-19(10-8-18)22-13-14-31(17-22)27(32)21-11-12-25-24(15-21)30(2)28(33)26(34-25)16-20-5-3-4-6-23(20)29/h3-12,15-16,22H,13-14,17H2,1-2H3/b26-16+/t22-/m0/s1. The molecule has 2 amide bonds. The second kappa shape index (κ2) is 9.32. The number of fused-ring (bicyclic) bond motifs is 1. The Morgan fingerprint density at radius 3 is 2.62 bits per heavy atom. The molecule has 1 fully saturated rings. The van der Waals surface area contributed by atoms with Crippen molar-refractivity contribution < 1.29 is 9.59 Å². The summed E-state index contributed by atoms with van der Waals surface area (Å²) in [7, 11) is 1.75. The average Bonchev–Trinajstić information content (AvgIpc) is 3.34. The van der Waals surface area contributed by atoms with E-state index in [4.69, 9.17) is 11.6 Å². The van der Waals surface area contributed by atoms with Crippen molar-refractivity contribution in [2.45, 2.75) is 24.2 Å². The number of amides is 2. The third kappa shape index (κ3) is 4.38. The topological polar surface area (TPSA) is 40.6 Å². The Hall–Kier alpha value is -3.02. The first-order valence-electron chi connectivity index (χ1n) is 11.3. The molecule has 0 saturated carbocycles. The van der Waals surface area contributed by atoms with Crippen LogP contribution in [0.3, 0.4) is 0 Å². The third-order valence-corrected chi connectivity index (χ3v) is 7.94. The van der Waals surface area contributed by atoms with Crippen molar-refractivity contribution in [2.24, 2.45) is 0 Å². The van der Waals surface area contributed by atoms with Crippen molar-refractivity contribution in [1.82, 2.24) is 4.90 Å². The summed E-state index contributed by atoms with van der Waals surface area (Å²) in [6.07, 6.45) is 2.79. The zero-order valence-corrected chi connectivity index (χ0v) is 20.7. The van der Waals surface area contributed by atoms with Crippen molar-refractivity contribution in [3.05, 3.63) is 98.9 Å². The molecule has 6 heteroatoms. The highest BCUT2D eigenvalue weighted by Crippen LogP contribution is 2.42. The fourth-order valence-electron chi connectivity index (χ4n) is 4.50. The lowest BCUT2D eigenvalue weighted by Crippen LogP contribution is -2.31. The number of carbonyl (C=O) groups is 2. The minimum Gasteiger partial charge on any atom is -0.338 e. The molecule has 0 bridgehead atoms. The predicted octanol–water partition coefficient (Wildman–Crippen LogP) is 6.39. The summed E-state index contributed by atoms with van der Waals surface area (Å²) < 4.78 is 0. The lowest BCUT2D eigenvalue weighted by molar-refractivity contribution is -0.114. The van der Waals surface area contributed by atoms with Gasteiger partial charge < -0.3 is 9.80 Å². The summed E-state index contributed by atoms with van der Waals surface area (Å²) in [6, 6.07) is 21.7. The number of hydrogen-bond acceptors (Lipinski definition) is 3. The maximum atomic E-state index is 13.3. The van der Waals surface area contributed by atoms with E-state index < -0.39 is 0 Å². The molecule has 34 heavy (non-hydrogen) atoms. The fourth-order valence-corrected chi connectivity index (χ4v) is 5.77. The van der Waals surface area contributed by atoms with E-state index in [0.29, 0.717) is 28.0 Å². The summed E-state index contributed by atoms with van der Waals surface area (Å²) in [4.78, 5) is 31.4. The second-order valence-electron chi connectivity index (χ2n) is 8.83. The van der Waals surface area contributed by atoms with Crippen LogP contribution in [0.25, 0.3) is 6.08 Å². The molecule has 0 radical (unpaired) electrons. The molecule has 2 aliphatic rings. The summed E-state index contributed by atoms with van der Waals surface area (Å²) in [5.41, 5.74) is 4.70. The Kier molecular flexibility index (Phi) is 6.24. The zero-order valence-electron chi connectivity index (χ0n) is 19.1. The maximum absolute atomic E-state index is 13.3. The number of benzene rings is 3. The van der Waals surface area contributed by atoms with E-state index in [1.807, 2.05) is 53.4 Å². The van der Waals surface area contributed by atoms with Crippen LogP contribution in [0.2, 0.25) is 5.02 Å². The molecule has 0 unspecified atom stereocenters. The number of aryl methyl sites for hydroxylation is 1. The summed E-state index contributed by atoms with van der Waals surface area (Å²) in [5, 5.41) is 0.604. The number of nitrogens with zero attached hydrogens (tertiary/aromatic N) is 2. The monoisotopic (exact) mass is 488 g/mol. The summed E-state index contributed by atoms with van der Waals surface area (Å²) in [6.45, 7) is 3.54. The van der Waals surface area contributed by atoms with Crippen molar-refractivity contribution in [3.63, 3.8) is 0 Å². The first-order valence-corrected chi connectivity index (χ1v) is 12.5. The van der Waals surface area contributed by atoms with Gasteiger partial charge in [-0.1, -0.05) is 71.4 Å². The number of hydrogen-bond donors (Lipinski definition) is 0. The number of likely N-dealkylation sites (tertiary alicyclic amines) is 1. The number of carbonyl (C=O) groups excluding carboxylic acids is 2. The van der Waals surface area contributed by atoms with Gasteiger partial charge >= 0.3 is 0 Å². The quantitative estimate of drug-likeness (QED) is 0.401. The van der Waals surface area contributed by atoms with Crippen molar-refractivity contribution >= 4 is 46.9 Å². The third-order valence-electron chi connectivity index (χ3n) is 6.52. The molecule has 1 saturated heterocycles. The van der Waals surface area contributed by atoms with E-state index in [9.17, 15) is 9.59 Å². The molecule has 3 aromatic rings. The molecule has 5 rings (SSSR count). The van der Waals surface area contributed by atoms with Gasteiger partial charge in [0.25, 0.3) is 11.8 Å². The van der Waals surface area contributed by atoms with Crippen LogP contribution in [0.15, 0.2) is 76.5 Å². The van der Waals surface area contributed by atoms with Gasteiger partial charge in [0.1, 0.15) is 0 Å². The lowest BCUT2D eigenvalue weighted by atomic mass is 9.97. The van der Waals surface area contributed by atoms with E-state index in [1.165, 1.54) is 22.9 Å². The second-order valence-corrected chi connectivity index (χ2v) is 10.3. The van der Waals surface area contributed by atoms with Gasteiger partial charge in [-0.25, -0.2) is 0 Å². The molecule has 2 heterocycles. The Balaban J connectivity index is 1.35. The molecule has 0 aliphatic carbocycles. The van der Waals surface area contributed by atoms with Gasteiger partial charge in [0.2, 0.25) is 0 Å². The van der Waals surface area contributed by atoms with Crippen LogP contribution in [0.4, 0.5) is 5.69 Å². The van der Waals surface area contributed by atoms with Crippen LogP contribution in [0.1, 0.15) is 39.4 Å². The molecule has 2 aliphatic heterocycles. The van der Waals surface area contributed by atoms with E-state index in [1.54, 1.807) is 11.9 Å². The predicted molar refractivity (Wildman–Crippen MR) is 140 cm³/mol. The number of thioether (sulfide) groups is 1. The molecule has 172 valence electrons. The van der Waals surface area contributed by atoms with Crippen LogP contribution in [-0.2, 0) is 4.79 Å². The van der Waals surface area contributed by atoms with Gasteiger partial charge in [0.15, 0.2) is 0 Å². The minimum absolute atomic E-state index is 0.0145. The van der Waals surface area contributed by atoms with Crippen LogP contribution >= 0.6 is 23.4 Å². The number of anilines is 1. The first kappa shape index (κ1) is 22.8. The number of rotatable bonds is 3. The van der Waals surface area contributed by atoms with Gasteiger partial charge in [-0.2, -0.15) is 0 Å². The van der Waals surface area contributed by atoms with Gasteiger partial charge in [-0.15, -0.1) is 0 Å². The van der Waals surface area contributed by atoms with E-state index in [0.717, 1.165) is 29.1 Å². The lowest BCUT2D eigenvalue weighted by Gasteiger charge is -2.28. The smallest absolute Gasteiger partial charge is 0.264 e. The Morgan fingerprint density at radius 1 is 1.09 bits per heavy atom. The highest BCUT2D eigenvalue weighted by Gasteiger charge is 2.31. The summed E-state index contributed by atoms with van der Waals surface area (Å²) in [5.74, 6) is 0.266. The highest BCUT2D eigenvalue weighted by molar-refractivity contribution is 8.04. The number of halogens is 1. The molecule has 3 aromatic carbocycles. The number of likely N-dealkylation sites (N-methyl/N-ethyl adjacent to an activating group) is 1. The molecule has 0 N–H and O–H groups in total. The van der Waals surface area contributed by atoms with Crippen LogP contribution in [-0.4, -0.2) is 36.9 Å². The molecule has 1 atom stereocenters.